The van der Waals surface area contributed by atoms with E-state index in [2.05, 4.69) is 4.98 Å². The van der Waals surface area contributed by atoms with Crippen molar-refractivity contribution >= 4 is 5.91 Å². The number of halogens is 2. The van der Waals surface area contributed by atoms with E-state index in [1.807, 2.05) is 42.7 Å². The van der Waals surface area contributed by atoms with E-state index in [0.717, 1.165) is 11.6 Å². The highest BCUT2D eigenvalue weighted by molar-refractivity contribution is 5.94. The van der Waals surface area contributed by atoms with Crippen molar-refractivity contribution in [1.82, 2.24) is 14.5 Å². The largest absolute Gasteiger partial charge is 0.331 e. The number of nitrogens with zero attached hydrogens (tertiary/aromatic N) is 3. The zero-order valence-corrected chi connectivity index (χ0v) is 15.3. The first-order valence-electron chi connectivity index (χ1n) is 8.77. The van der Waals surface area contributed by atoms with Crippen LogP contribution in [0.4, 0.5) is 8.78 Å². The van der Waals surface area contributed by atoms with Gasteiger partial charge in [0.1, 0.15) is 5.82 Å². The Morgan fingerprint density at radius 1 is 1.11 bits per heavy atom. The second kappa shape index (κ2) is 8.12. The zero-order valence-electron chi connectivity index (χ0n) is 15.3. The van der Waals surface area contributed by atoms with E-state index in [9.17, 15) is 13.6 Å². The van der Waals surface area contributed by atoms with Gasteiger partial charge in [-0.15, -0.1) is 0 Å². The number of amides is 1. The van der Waals surface area contributed by atoms with E-state index in [-0.39, 0.29) is 5.91 Å². The second-order valence-corrected chi connectivity index (χ2v) is 6.41. The van der Waals surface area contributed by atoms with Gasteiger partial charge in [-0.05, 0) is 43.7 Å². The predicted octanol–water partition coefficient (Wildman–Crippen LogP) is 4.18. The van der Waals surface area contributed by atoms with Crippen LogP contribution in [0.15, 0.2) is 54.9 Å². The summed E-state index contributed by atoms with van der Waals surface area (Å²) in [6, 6.07) is 11.3. The summed E-state index contributed by atoms with van der Waals surface area (Å²) in [5.74, 6) is -1.13. The first-order valence-corrected chi connectivity index (χ1v) is 8.77. The quantitative estimate of drug-likeness (QED) is 0.654. The zero-order chi connectivity index (χ0) is 19.4. The lowest BCUT2D eigenvalue weighted by atomic mass is 10.1. The molecule has 0 atom stereocenters. The van der Waals surface area contributed by atoms with Crippen LogP contribution < -0.4 is 0 Å². The van der Waals surface area contributed by atoms with E-state index >= 15 is 0 Å². The summed E-state index contributed by atoms with van der Waals surface area (Å²) in [6.45, 7) is 5.10. The fourth-order valence-electron chi connectivity index (χ4n) is 2.85. The van der Waals surface area contributed by atoms with Crippen molar-refractivity contribution in [2.45, 2.75) is 26.9 Å². The molecule has 1 aromatic heterocycles. The third kappa shape index (κ3) is 4.39. The average molecular weight is 369 g/mol. The van der Waals surface area contributed by atoms with Crippen LogP contribution in [0.1, 0.15) is 34.2 Å². The second-order valence-electron chi connectivity index (χ2n) is 6.41. The number of aryl methyl sites for hydroxylation is 1. The molecular weight excluding hydrogens is 348 g/mol. The van der Waals surface area contributed by atoms with Gasteiger partial charge in [-0.2, -0.15) is 0 Å². The van der Waals surface area contributed by atoms with E-state index in [0.29, 0.717) is 36.6 Å². The Kier molecular flexibility index (Phi) is 5.64. The Bertz CT molecular complexity index is 935. The van der Waals surface area contributed by atoms with Crippen LogP contribution in [0.2, 0.25) is 0 Å². The van der Waals surface area contributed by atoms with Crippen LogP contribution in [-0.4, -0.2) is 26.9 Å². The Labute approximate surface area is 157 Å². The third-order valence-corrected chi connectivity index (χ3v) is 4.44. The summed E-state index contributed by atoms with van der Waals surface area (Å²) in [6.07, 6.45) is 3.40. The molecule has 0 aliphatic rings. The number of carbonyl (C=O) groups is 1. The molecule has 0 N–H and O–H groups in total. The van der Waals surface area contributed by atoms with E-state index in [4.69, 9.17) is 0 Å². The lowest BCUT2D eigenvalue weighted by Gasteiger charge is -2.21. The molecule has 0 unspecified atom stereocenters. The van der Waals surface area contributed by atoms with Crippen molar-refractivity contribution in [3.63, 3.8) is 0 Å². The topological polar surface area (TPSA) is 38.1 Å². The maximum absolute atomic E-state index is 13.4. The van der Waals surface area contributed by atoms with Crippen molar-refractivity contribution < 1.29 is 13.6 Å². The van der Waals surface area contributed by atoms with E-state index in [1.165, 1.54) is 12.1 Å². The highest BCUT2D eigenvalue weighted by Gasteiger charge is 2.17. The highest BCUT2D eigenvalue weighted by Crippen LogP contribution is 2.14. The van der Waals surface area contributed by atoms with Gasteiger partial charge >= 0.3 is 0 Å². The van der Waals surface area contributed by atoms with Crippen LogP contribution in [0.5, 0.6) is 0 Å². The smallest absolute Gasteiger partial charge is 0.254 e. The molecular formula is C21H21F2N3O. The fourth-order valence-corrected chi connectivity index (χ4v) is 2.85. The number of imidazole rings is 1. The minimum atomic E-state index is -0.876. The van der Waals surface area contributed by atoms with Gasteiger partial charge in [0, 0.05) is 31.0 Å². The molecule has 140 valence electrons. The minimum Gasteiger partial charge on any atom is -0.331 e. The molecule has 3 rings (SSSR count). The normalized spacial score (nSPS) is 10.8. The van der Waals surface area contributed by atoms with Gasteiger partial charge in [0.15, 0.2) is 11.6 Å². The standard InChI is InChI=1S/C21H21F2N3O/c1-3-25(21(27)17-7-4-15(2)5-8-17)14-20-24-10-11-26(20)13-16-6-9-18(22)19(23)12-16/h4-12H,3,13-14H2,1-2H3. The average Bonchev–Trinajstić information content (AvgIpc) is 3.09. The first kappa shape index (κ1) is 18.8. The Balaban J connectivity index is 1.76. The molecule has 0 saturated heterocycles. The predicted molar refractivity (Wildman–Crippen MR) is 99.3 cm³/mol. The number of hydrogen-bond acceptors (Lipinski definition) is 2. The summed E-state index contributed by atoms with van der Waals surface area (Å²) in [7, 11) is 0. The summed E-state index contributed by atoms with van der Waals surface area (Å²) < 4.78 is 28.4. The Hall–Kier alpha value is -3.02. The molecule has 1 heterocycles. The summed E-state index contributed by atoms with van der Waals surface area (Å²) in [5, 5.41) is 0. The maximum atomic E-state index is 13.4. The minimum absolute atomic E-state index is 0.0696. The Morgan fingerprint density at radius 2 is 1.85 bits per heavy atom. The van der Waals surface area contributed by atoms with E-state index in [1.54, 1.807) is 17.3 Å². The molecule has 6 heteroatoms. The maximum Gasteiger partial charge on any atom is 0.254 e. The molecule has 0 aliphatic carbocycles. The lowest BCUT2D eigenvalue weighted by molar-refractivity contribution is 0.0747. The molecule has 0 bridgehead atoms. The Morgan fingerprint density at radius 3 is 2.52 bits per heavy atom. The number of benzene rings is 2. The SMILES string of the molecule is CCN(Cc1nccn1Cc1ccc(F)c(F)c1)C(=O)c1ccc(C)cc1. The molecule has 2 aromatic carbocycles. The summed E-state index contributed by atoms with van der Waals surface area (Å²) in [4.78, 5) is 18.8. The van der Waals surface area contributed by atoms with Gasteiger partial charge in [-0.3, -0.25) is 4.79 Å². The molecule has 4 nitrogen and oxygen atoms in total. The van der Waals surface area contributed by atoms with Crippen LogP contribution in [0.25, 0.3) is 0 Å². The van der Waals surface area contributed by atoms with Gasteiger partial charge in [0.05, 0.1) is 6.54 Å². The molecule has 3 aromatic rings. The number of aromatic nitrogens is 2. The molecule has 27 heavy (non-hydrogen) atoms. The number of rotatable bonds is 6. The van der Waals surface area contributed by atoms with E-state index < -0.39 is 11.6 Å². The van der Waals surface area contributed by atoms with Gasteiger partial charge in [0.2, 0.25) is 0 Å². The van der Waals surface area contributed by atoms with Crippen molar-refractivity contribution in [2.75, 3.05) is 6.54 Å². The van der Waals surface area contributed by atoms with Crippen molar-refractivity contribution in [2.24, 2.45) is 0 Å². The highest BCUT2D eigenvalue weighted by atomic mass is 19.2. The van der Waals surface area contributed by atoms with Gasteiger partial charge in [-0.1, -0.05) is 23.8 Å². The number of carbonyl (C=O) groups excluding carboxylic acids is 1. The molecule has 0 saturated carbocycles. The van der Waals surface area contributed by atoms with Crippen LogP contribution >= 0.6 is 0 Å². The van der Waals surface area contributed by atoms with Crippen LogP contribution in [0.3, 0.4) is 0 Å². The van der Waals surface area contributed by atoms with Crippen molar-refractivity contribution in [3.8, 4) is 0 Å². The van der Waals surface area contributed by atoms with Gasteiger partial charge < -0.3 is 9.47 Å². The summed E-state index contributed by atoms with van der Waals surface area (Å²) in [5.41, 5.74) is 2.35. The number of hydrogen-bond donors (Lipinski definition) is 0. The van der Waals surface area contributed by atoms with Crippen LogP contribution in [-0.2, 0) is 13.1 Å². The molecule has 0 spiro atoms. The monoisotopic (exact) mass is 369 g/mol. The fraction of sp³-hybridized carbons (Fsp3) is 0.238. The lowest BCUT2D eigenvalue weighted by Crippen LogP contribution is -2.31. The first-order chi connectivity index (χ1) is 13.0. The van der Waals surface area contributed by atoms with Crippen molar-refractivity contribution in [3.05, 3.63) is 89.0 Å². The van der Waals surface area contributed by atoms with Crippen LogP contribution in [0, 0.1) is 18.6 Å². The summed E-state index contributed by atoms with van der Waals surface area (Å²) >= 11 is 0. The molecule has 0 fully saturated rings. The third-order valence-electron chi connectivity index (χ3n) is 4.44. The van der Waals surface area contributed by atoms with Gasteiger partial charge in [0.25, 0.3) is 5.91 Å². The van der Waals surface area contributed by atoms with Crippen molar-refractivity contribution in [1.29, 1.82) is 0 Å². The molecule has 0 radical (unpaired) electrons. The molecule has 0 aliphatic heterocycles. The van der Waals surface area contributed by atoms with Gasteiger partial charge in [-0.25, -0.2) is 13.8 Å². The molecule has 1 amide bonds.